The van der Waals surface area contributed by atoms with E-state index in [0.29, 0.717) is 18.8 Å². The molecule has 162 valence electrons. The minimum absolute atomic E-state index is 0.0452. The molecule has 0 radical (unpaired) electrons. The van der Waals surface area contributed by atoms with Crippen molar-refractivity contribution >= 4 is 21.5 Å². The number of anilines is 2. The molecule has 1 unspecified atom stereocenters. The summed E-state index contributed by atoms with van der Waals surface area (Å²) in [4.78, 5) is 9.16. The summed E-state index contributed by atoms with van der Waals surface area (Å²) >= 11 is 0. The maximum absolute atomic E-state index is 13.2. The van der Waals surface area contributed by atoms with E-state index in [9.17, 15) is 8.42 Å². The number of nitrogens with one attached hydrogen (secondary N) is 1. The number of aryl methyl sites for hydroxylation is 1. The van der Waals surface area contributed by atoms with Gasteiger partial charge in [0.2, 0.25) is 10.0 Å². The average Bonchev–Trinajstić information content (AvgIpc) is 2.81. The van der Waals surface area contributed by atoms with Crippen molar-refractivity contribution in [2.45, 2.75) is 30.6 Å². The highest BCUT2D eigenvalue weighted by molar-refractivity contribution is 7.89. The van der Waals surface area contributed by atoms with E-state index in [0.717, 1.165) is 35.6 Å². The van der Waals surface area contributed by atoms with Gasteiger partial charge in [-0.05, 0) is 55.7 Å². The lowest BCUT2D eigenvalue weighted by Gasteiger charge is -2.32. The number of aromatic nitrogens is 2. The average molecular weight is 439 g/mol. The first-order valence-corrected chi connectivity index (χ1v) is 11.7. The Morgan fingerprint density at radius 1 is 1.10 bits per heavy atom. The third-order valence-corrected chi connectivity index (χ3v) is 7.45. The van der Waals surface area contributed by atoms with Crippen molar-refractivity contribution in [1.29, 1.82) is 0 Å². The van der Waals surface area contributed by atoms with Crippen molar-refractivity contribution in [1.82, 2.24) is 14.3 Å². The highest BCUT2D eigenvalue weighted by atomic mass is 32.2. The predicted octanol–water partition coefficient (Wildman–Crippen LogP) is 4.11. The van der Waals surface area contributed by atoms with Crippen LogP contribution < -0.4 is 10.1 Å². The topological polar surface area (TPSA) is 84.4 Å². The lowest BCUT2D eigenvalue weighted by Crippen LogP contribution is -2.39. The summed E-state index contributed by atoms with van der Waals surface area (Å²) in [7, 11) is -2.15. The van der Waals surface area contributed by atoms with Gasteiger partial charge in [0.25, 0.3) is 0 Å². The van der Waals surface area contributed by atoms with Crippen molar-refractivity contribution < 1.29 is 13.2 Å². The third-order valence-electron chi connectivity index (χ3n) is 5.55. The fourth-order valence-corrected chi connectivity index (χ4v) is 5.53. The molecule has 2 aromatic heterocycles. The number of benzene rings is 1. The Morgan fingerprint density at radius 3 is 2.68 bits per heavy atom. The summed E-state index contributed by atoms with van der Waals surface area (Å²) < 4.78 is 33.3. The number of hydrogen-bond donors (Lipinski definition) is 1. The van der Waals surface area contributed by atoms with Crippen LogP contribution in [-0.2, 0) is 10.0 Å². The number of pyridine rings is 2. The smallest absolute Gasteiger partial charge is 0.246 e. The maximum atomic E-state index is 13.2. The Kier molecular flexibility index (Phi) is 6.20. The molecular formula is C23H26N4O3S. The van der Waals surface area contributed by atoms with Crippen LogP contribution in [0, 0.1) is 6.92 Å². The summed E-state index contributed by atoms with van der Waals surface area (Å²) in [6.45, 7) is 2.89. The van der Waals surface area contributed by atoms with E-state index < -0.39 is 10.0 Å². The number of ether oxygens (including phenoxy) is 1. The summed E-state index contributed by atoms with van der Waals surface area (Å²) in [5.41, 5.74) is 2.79. The molecule has 1 N–H and O–H groups in total. The molecule has 3 heterocycles. The Labute approximate surface area is 183 Å². The minimum Gasteiger partial charge on any atom is -0.495 e. The monoisotopic (exact) mass is 438 g/mol. The van der Waals surface area contributed by atoms with E-state index in [4.69, 9.17) is 4.74 Å². The molecule has 1 aliphatic rings. The van der Waals surface area contributed by atoms with E-state index >= 15 is 0 Å². The quantitative estimate of drug-likeness (QED) is 0.624. The molecule has 3 aromatic rings. The van der Waals surface area contributed by atoms with Gasteiger partial charge < -0.3 is 10.1 Å². The van der Waals surface area contributed by atoms with Gasteiger partial charge in [-0.3, -0.25) is 4.98 Å². The molecule has 1 aliphatic heterocycles. The van der Waals surface area contributed by atoms with Crippen molar-refractivity contribution in [2.75, 3.05) is 25.5 Å². The van der Waals surface area contributed by atoms with E-state index in [1.165, 1.54) is 7.11 Å². The van der Waals surface area contributed by atoms with Crippen LogP contribution in [0.2, 0.25) is 0 Å². The van der Waals surface area contributed by atoms with E-state index in [2.05, 4.69) is 15.3 Å². The summed E-state index contributed by atoms with van der Waals surface area (Å²) in [6, 6.07) is 14.6. The standard InChI is InChI=1S/C23H26N4O3S/c1-17-7-5-13-24-23(17)26-19-11-12-20(25-15-19)18-8-6-14-27(16-18)31(28,29)22-10-4-3-9-21(22)30-2/h3-5,7,9-13,15,18H,6,8,14,16H2,1-2H3,(H,24,26). The fourth-order valence-electron chi connectivity index (χ4n) is 3.85. The summed E-state index contributed by atoms with van der Waals surface area (Å²) in [6.07, 6.45) is 5.21. The Balaban J connectivity index is 1.50. The Hall–Kier alpha value is -2.97. The number of para-hydroxylation sites is 1. The van der Waals surface area contributed by atoms with Crippen LogP contribution in [0.1, 0.15) is 30.0 Å². The van der Waals surface area contributed by atoms with Gasteiger partial charge in [0, 0.05) is 30.9 Å². The van der Waals surface area contributed by atoms with Gasteiger partial charge in [0.15, 0.2) is 0 Å². The molecule has 0 amide bonds. The number of sulfonamides is 1. The molecular weight excluding hydrogens is 412 g/mol. The Bertz CT molecular complexity index is 1150. The summed E-state index contributed by atoms with van der Waals surface area (Å²) in [5.74, 6) is 1.20. The zero-order chi connectivity index (χ0) is 21.8. The number of methoxy groups -OCH3 is 1. The second kappa shape index (κ2) is 9.03. The van der Waals surface area contributed by atoms with E-state index in [1.807, 2.05) is 31.2 Å². The highest BCUT2D eigenvalue weighted by Crippen LogP contribution is 2.32. The molecule has 0 spiro atoms. The fraction of sp³-hybridized carbons (Fsp3) is 0.304. The van der Waals surface area contributed by atoms with Gasteiger partial charge in [-0.1, -0.05) is 18.2 Å². The lowest BCUT2D eigenvalue weighted by molar-refractivity contribution is 0.310. The van der Waals surface area contributed by atoms with Crippen LogP contribution in [0.4, 0.5) is 11.5 Å². The van der Waals surface area contributed by atoms with E-state index in [1.54, 1.807) is 41.0 Å². The van der Waals surface area contributed by atoms with E-state index in [-0.39, 0.29) is 10.8 Å². The molecule has 7 nitrogen and oxygen atoms in total. The van der Waals surface area contributed by atoms with Crippen molar-refractivity contribution in [3.05, 3.63) is 72.2 Å². The molecule has 1 atom stereocenters. The molecule has 0 bridgehead atoms. The molecule has 4 rings (SSSR count). The third kappa shape index (κ3) is 4.55. The van der Waals surface area contributed by atoms with Gasteiger partial charge in [-0.25, -0.2) is 13.4 Å². The van der Waals surface area contributed by atoms with Gasteiger partial charge in [0.1, 0.15) is 16.5 Å². The zero-order valence-electron chi connectivity index (χ0n) is 17.7. The summed E-state index contributed by atoms with van der Waals surface area (Å²) in [5, 5.41) is 3.28. The van der Waals surface area contributed by atoms with Crippen molar-refractivity contribution in [2.24, 2.45) is 0 Å². The first-order valence-electron chi connectivity index (χ1n) is 10.3. The van der Waals surface area contributed by atoms with Crippen molar-refractivity contribution in [3.63, 3.8) is 0 Å². The molecule has 0 aliphatic carbocycles. The number of hydrogen-bond acceptors (Lipinski definition) is 6. The van der Waals surface area contributed by atoms with Gasteiger partial charge in [-0.2, -0.15) is 4.31 Å². The maximum Gasteiger partial charge on any atom is 0.246 e. The molecule has 0 saturated carbocycles. The largest absolute Gasteiger partial charge is 0.495 e. The van der Waals surface area contributed by atoms with Crippen LogP contribution in [-0.4, -0.2) is 42.9 Å². The van der Waals surface area contributed by atoms with Crippen LogP contribution in [0.25, 0.3) is 0 Å². The molecule has 1 saturated heterocycles. The predicted molar refractivity (Wildman–Crippen MR) is 120 cm³/mol. The second-order valence-electron chi connectivity index (χ2n) is 7.62. The molecule has 1 fully saturated rings. The van der Waals surface area contributed by atoms with Gasteiger partial charge in [0.05, 0.1) is 19.0 Å². The van der Waals surface area contributed by atoms with Crippen LogP contribution in [0.15, 0.2) is 65.8 Å². The normalized spacial score (nSPS) is 17.3. The first kappa shape index (κ1) is 21.3. The Morgan fingerprint density at radius 2 is 1.94 bits per heavy atom. The molecule has 1 aromatic carbocycles. The second-order valence-corrected chi connectivity index (χ2v) is 9.53. The lowest BCUT2D eigenvalue weighted by atomic mass is 9.95. The van der Waals surface area contributed by atoms with Gasteiger partial charge in [-0.15, -0.1) is 0 Å². The van der Waals surface area contributed by atoms with Crippen LogP contribution in [0.5, 0.6) is 5.75 Å². The van der Waals surface area contributed by atoms with Crippen molar-refractivity contribution in [3.8, 4) is 5.75 Å². The number of nitrogens with zero attached hydrogens (tertiary/aromatic N) is 3. The minimum atomic E-state index is -3.64. The first-order chi connectivity index (χ1) is 15.0. The SMILES string of the molecule is COc1ccccc1S(=O)(=O)N1CCCC(c2ccc(Nc3ncccc3C)cn2)C1. The number of rotatable bonds is 6. The van der Waals surface area contributed by atoms with Gasteiger partial charge >= 0.3 is 0 Å². The zero-order valence-corrected chi connectivity index (χ0v) is 18.5. The number of piperidine rings is 1. The highest BCUT2D eigenvalue weighted by Gasteiger charge is 2.33. The molecule has 8 heteroatoms. The van der Waals surface area contributed by atoms with Crippen LogP contribution in [0.3, 0.4) is 0 Å². The molecule has 31 heavy (non-hydrogen) atoms. The van der Waals surface area contributed by atoms with Crippen LogP contribution >= 0.6 is 0 Å².